The third-order valence-corrected chi connectivity index (χ3v) is 4.64. The standard InChI is InChI=1S/C19H25N5O5/c1-12-17(28-14-5-8-24(9-6-14)19(26)27)21-11-22-18(12)29-15-3-4-16(20-7-10-25)23-13(15)2/h3-4,11,14,25H,5-10H2,1-2H3,(H,20,23)(H,26,27). The first-order valence-electron chi connectivity index (χ1n) is 9.44. The summed E-state index contributed by atoms with van der Waals surface area (Å²) in [5.41, 5.74) is 1.34. The van der Waals surface area contributed by atoms with Crippen LogP contribution in [-0.2, 0) is 0 Å². The van der Waals surface area contributed by atoms with E-state index in [9.17, 15) is 4.79 Å². The molecule has 1 fully saturated rings. The van der Waals surface area contributed by atoms with Gasteiger partial charge in [0.05, 0.1) is 17.9 Å². The number of ether oxygens (including phenoxy) is 2. The van der Waals surface area contributed by atoms with Gasteiger partial charge in [-0.05, 0) is 26.0 Å². The number of carbonyl (C=O) groups is 1. The highest BCUT2D eigenvalue weighted by Gasteiger charge is 2.25. The van der Waals surface area contributed by atoms with E-state index in [0.29, 0.717) is 67.1 Å². The number of aromatic nitrogens is 3. The Morgan fingerprint density at radius 1 is 1.24 bits per heavy atom. The molecular weight excluding hydrogens is 378 g/mol. The normalized spacial score (nSPS) is 14.5. The summed E-state index contributed by atoms with van der Waals surface area (Å²) in [4.78, 5) is 25.2. The minimum absolute atomic E-state index is 0.0250. The summed E-state index contributed by atoms with van der Waals surface area (Å²) in [5, 5.41) is 20.9. The fourth-order valence-electron chi connectivity index (χ4n) is 3.01. The SMILES string of the molecule is Cc1nc(NCCO)ccc1Oc1ncnc(OC2CCN(C(=O)O)CC2)c1C. The molecule has 10 nitrogen and oxygen atoms in total. The van der Waals surface area contributed by atoms with Crippen LogP contribution in [0.4, 0.5) is 10.6 Å². The Morgan fingerprint density at radius 3 is 2.62 bits per heavy atom. The van der Waals surface area contributed by atoms with E-state index >= 15 is 0 Å². The molecule has 2 aromatic rings. The quantitative estimate of drug-likeness (QED) is 0.637. The Labute approximate surface area is 168 Å². The molecule has 1 saturated heterocycles. The number of rotatable bonds is 7. The third kappa shape index (κ3) is 5.23. The van der Waals surface area contributed by atoms with Crippen molar-refractivity contribution < 1.29 is 24.5 Å². The molecule has 0 saturated carbocycles. The molecular formula is C19H25N5O5. The average molecular weight is 403 g/mol. The summed E-state index contributed by atoms with van der Waals surface area (Å²) in [6.07, 6.45) is 1.59. The molecule has 0 bridgehead atoms. The second-order valence-corrected chi connectivity index (χ2v) is 6.73. The summed E-state index contributed by atoms with van der Waals surface area (Å²) < 4.78 is 11.9. The number of hydrogen-bond acceptors (Lipinski definition) is 8. The lowest BCUT2D eigenvalue weighted by atomic mass is 10.1. The van der Waals surface area contributed by atoms with Crippen LogP contribution in [0.25, 0.3) is 0 Å². The Balaban J connectivity index is 1.67. The van der Waals surface area contributed by atoms with Gasteiger partial charge in [-0.2, -0.15) is 0 Å². The van der Waals surface area contributed by atoms with Gasteiger partial charge in [0.15, 0.2) is 5.75 Å². The van der Waals surface area contributed by atoms with Crippen molar-refractivity contribution in [2.24, 2.45) is 0 Å². The predicted octanol–water partition coefficient (Wildman–Crippen LogP) is 2.21. The number of nitrogens with zero attached hydrogens (tertiary/aromatic N) is 4. The van der Waals surface area contributed by atoms with Crippen LogP contribution in [0.15, 0.2) is 18.5 Å². The van der Waals surface area contributed by atoms with Crippen LogP contribution in [0.1, 0.15) is 24.1 Å². The number of nitrogens with one attached hydrogen (secondary N) is 1. The van der Waals surface area contributed by atoms with Gasteiger partial charge >= 0.3 is 6.09 Å². The zero-order valence-corrected chi connectivity index (χ0v) is 16.5. The monoisotopic (exact) mass is 403 g/mol. The fourth-order valence-corrected chi connectivity index (χ4v) is 3.01. The van der Waals surface area contributed by atoms with Crippen molar-refractivity contribution in [1.82, 2.24) is 19.9 Å². The van der Waals surface area contributed by atoms with Crippen LogP contribution in [-0.4, -0.2) is 68.5 Å². The van der Waals surface area contributed by atoms with Gasteiger partial charge in [-0.3, -0.25) is 0 Å². The zero-order valence-electron chi connectivity index (χ0n) is 16.5. The molecule has 1 aliphatic rings. The summed E-state index contributed by atoms with van der Waals surface area (Å²) in [6.45, 7) is 4.96. The topological polar surface area (TPSA) is 130 Å². The number of hydrogen-bond donors (Lipinski definition) is 3. The Kier molecular flexibility index (Phi) is 6.65. The first-order valence-corrected chi connectivity index (χ1v) is 9.44. The van der Waals surface area contributed by atoms with Crippen molar-refractivity contribution in [2.75, 3.05) is 31.6 Å². The summed E-state index contributed by atoms with van der Waals surface area (Å²) in [6, 6.07) is 3.55. The van der Waals surface area contributed by atoms with Crippen molar-refractivity contribution in [3.05, 3.63) is 29.7 Å². The molecule has 0 spiro atoms. The first-order chi connectivity index (χ1) is 14.0. The van der Waals surface area contributed by atoms with Crippen LogP contribution < -0.4 is 14.8 Å². The molecule has 0 radical (unpaired) electrons. The summed E-state index contributed by atoms with van der Waals surface area (Å²) in [5.74, 6) is 2.01. The van der Waals surface area contributed by atoms with Crippen molar-refractivity contribution in [2.45, 2.75) is 32.8 Å². The van der Waals surface area contributed by atoms with Gasteiger partial charge in [-0.1, -0.05) is 0 Å². The lowest BCUT2D eigenvalue weighted by Crippen LogP contribution is -2.41. The molecule has 10 heteroatoms. The maximum atomic E-state index is 11.0. The predicted molar refractivity (Wildman–Crippen MR) is 105 cm³/mol. The van der Waals surface area contributed by atoms with E-state index < -0.39 is 6.09 Å². The van der Waals surface area contributed by atoms with Crippen molar-refractivity contribution in [1.29, 1.82) is 0 Å². The molecule has 3 heterocycles. The van der Waals surface area contributed by atoms with E-state index in [1.165, 1.54) is 11.2 Å². The van der Waals surface area contributed by atoms with Crippen LogP contribution in [0, 0.1) is 13.8 Å². The Morgan fingerprint density at radius 2 is 1.97 bits per heavy atom. The molecule has 2 aromatic heterocycles. The van der Waals surface area contributed by atoms with E-state index in [0.717, 1.165) is 0 Å². The van der Waals surface area contributed by atoms with E-state index in [1.807, 2.05) is 13.8 Å². The van der Waals surface area contributed by atoms with Crippen LogP contribution >= 0.6 is 0 Å². The van der Waals surface area contributed by atoms with Crippen LogP contribution in [0.2, 0.25) is 0 Å². The Bertz CT molecular complexity index is 855. The van der Waals surface area contributed by atoms with Gasteiger partial charge in [0, 0.05) is 32.5 Å². The zero-order chi connectivity index (χ0) is 20.8. The Hall–Kier alpha value is -3.14. The van der Waals surface area contributed by atoms with Gasteiger partial charge in [-0.25, -0.2) is 19.7 Å². The number of aryl methyl sites for hydroxylation is 1. The van der Waals surface area contributed by atoms with E-state index in [-0.39, 0.29) is 12.7 Å². The lowest BCUT2D eigenvalue weighted by Gasteiger charge is -2.30. The number of aliphatic hydroxyl groups is 1. The minimum atomic E-state index is -0.904. The molecule has 0 atom stereocenters. The fraction of sp³-hybridized carbons (Fsp3) is 0.474. The van der Waals surface area contributed by atoms with Crippen molar-refractivity contribution in [3.63, 3.8) is 0 Å². The van der Waals surface area contributed by atoms with Gasteiger partial charge in [0.1, 0.15) is 18.2 Å². The number of amides is 1. The highest BCUT2D eigenvalue weighted by atomic mass is 16.5. The number of likely N-dealkylation sites (tertiary alicyclic amines) is 1. The maximum absolute atomic E-state index is 11.0. The molecule has 0 aliphatic carbocycles. The lowest BCUT2D eigenvalue weighted by molar-refractivity contribution is 0.0864. The highest BCUT2D eigenvalue weighted by Crippen LogP contribution is 2.30. The second kappa shape index (κ2) is 9.37. The molecule has 3 rings (SSSR count). The largest absolute Gasteiger partial charge is 0.474 e. The second-order valence-electron chi connectivity index (χ2n) is 6.73. The van der Waals surface area contributed by atoms with Crippen LogP contribution in [0.3, 0.4) is 0 Å². The van der Waals surface area contributed by atoms with E-state index in [2.05, 4.69) is 20.3 Å². The molecule has 1 amide bonds. The number of piperidine rings is 1. The summed E-state index contributed by atoms with van der Waals surface area (Å²) >= 11 is 0. The van der Waals surface area contributed by atoms with E-state index in [1.54, 1.807) is 12.1 Å². The summed E-state index contributed by atoms with van der Waals surface area (Å²) in [7, 11) is 0. The average Bonchev–Trinajstić information content (AvgIpc) is 2.71. The molecule has 1 aliphatic heterocycles. The number of anilines is 1. The van der Waals surface area contributed by atoms with Crippen LogP contribution in [0.5, 0.6) is 17.5 Å². The van der Waals surface area contributed by atoms with Gasteiger partial charge in [-0.15, -0.1) is 0 Å². The molecule has 0 unspecified atom stereocenters. The van der Waals surface area contributed by atoms with Gasteiger partial charge in [0.25, 0.3) is 0 Å². The number of aliphatic hydroxyl groups excluding tert-OH is 1. The third-order valence-electron chi connectivity index (χ3n) is 4.64. The minimum Gasteiger partial charge on any atom is -0.474 e. The number of carboxylic acid groups (broad SMARTS) is 1. The highest BCUT2D eigenvalue weighted by molar-refractivity contribution is 5.65. The smallest absolute Gasteiger partial charge is 0.407 e. The number of pyridine rings is 1. The molecule has 3 N–H and O–H groups in total. The molecule has 0 aromatic carbocycles. The van der Waals surface area contributed by atoms with Gasteiger partial charge < -0.3 is 29.9 Å². The molecule has 156 valence electrons. The first kappa shape index (κ1) is 20.6. The maximum Gasteiger partial charge on any atom is 0.407 e. The van der Waals surface area contributed by atoms with Crippen molar-refractivity contribution >= 4 is 11.9 Å². The van der Waals surface area contributed by atoms with Gasteiger partial charge in [0.2, 0.25) is 11.8 Å². The van der Waals surface area contributed by atoms with E-state index in [4.69, 9.17) is 19.7 Å². The van der Waals surface area contributed by atoms with Crippen molar-refractivity contribution in [3.8, 4) is 17.5 Å². The molecule has 29 heavy (non-hydrogen) atoms.